The zero-order valence-electron chi connectivity index (χ0n) is 50.5. The first-order valence-corrected chi connectivity index (χ1v) is 33.3. The van der Waals surface area contributed by atoms with Crippen LogP contribution in [0.2, 0.25) is 0 Å². The molecule has 10 nitrogen and oxygen atoms in total. The number of carbonyl (C=O) groups is 3. The number of allylic oxidation sites excluding steroid dienone is 1. The lowest BCUT2D eigenvalue weighted by atomic mass is 9.27. The van der Waals surface area contributed by atoms with Gasteiger partial charge in [0, 0.05) is 84.8 Å². The van der Waals surface area contributed by atoms with Gasteiger partial charge < -0.3 is 34.2 Å². The largest absolute Gasteiger partial charge is 0.392 e. The third-order valence-corrected chi connectivity index (χ3v) is 27.9. The number of carbonyl (C=O) groups excluding carboxylic acids is 3. The van der Waals surface area contributed by atoms with Crippen molar-refractivity contribution in [3.8, 4) is 0 Å². The van der Waals surface area contributed by atoms with Crippen molar-refractivity contribution in [1.82, 2.24) is 14.5 Å². The summed E-state index contributed by atoms with van der Waals surface area (Å²) in [5, 5.41) is 27.2. The minimum atomic E-state index is -0.829. The van der Waals surface area contributed by atoms with Crippen LogP contribution in [-0.2, 0) is 43.2 Å². The molecule has 12 aliphatic rings. The first kappa shape index (κ1) is 53.4. The molecule has 3 aromatic heterocycles. The average molecular weight is 1110 g/mol. The number of benzene rings is 1. The van der Waals surface area contributed by atoms with Crippen LogP contribution in [0, 0.1) is 56.2 Å². The molecule has 4 N–H and O–H groups in total. The van der Waals surface area contributed by atoms with Crippen molar-refractivity contribution in [1.29, 1.82) is 0 Å². The number of aliphatic hydroxyl groups is 2. The van der Waals surface area contributed by atoms with Gasteiger partial charge in [0.2, 0.25) is 0 Å². The summed E-state index contributed by atoms with van der Waals surface area (Å²) < 4.78 is 14.6. The number of ketones is 3. The minimum Gasteiger partial charge on any atom is -0.392 e. The van der Waals surface area contributed by atoms with Crippen molar-refractivity contribution in [3.63, 3.8) is 0 Å². The average Bonchev–Trinajstić information content (AvgIpc) is 1.22. The van der Waals surface area contributed by atoms with E-state index in [0.717, 1.165) is 124 Å². The molecule has 10 heteroatoms. The normalized spacial score (nSPS) is 41.9. The highest BCUT2D eigenvalue weighted by Crippen LogP contribution is 2.84. The van der Waals surface area contributed by atoms with Crippen LogP contribution in [0.5, 0.6) is 0 Å². The number of aromatic amines is 2. The molecule has 4 aromatic rings. The topological polar surface area (TPSA) is 150 Å². The third-order valence-electron chi connectivity index (χ3n) is 27.9. The molecular formula is C72H93N3O7. The number of ether oxygens (including phenoxy) is 2. The zero-order chi connectivity index (χ0) is 56.4. The second-order valence-electron chi connectivity index (χ2n) is 31.6. The number of Topliss-reactive ketones (excluding diaryl/α,β-unsaturated/α-hetero) is 3. The fourth-order valence-corrected chi connectivity index (χ4v) is 24.0. The fraction of sp³-hybridized carbons (Fsp3) is 0.708. The lowest BCUT2D eigenvalue weighted by Gasteiger charge is -2.76. The number of aromatic nitrogens is 3. The van der Waals surface area contributed by atoms with Gasteiger partial charge >= 0.3 is 0 Å². The Hall–Kier alpha value is -4.09. The number of hydrogen-bond acceptors (Lipinski definition) is 7. The Bertz CT molecular complexity index is 3370. The van der Waals surface area contributed by atoms with Gasteiger partial charge in [-0.3, -0.25) is 14.4 Å². The van der Waals surface area contributed by atoms with Crippen molar-refractivity contribution in [2.75, 3.05) is 13.2 Å². The maximum absolute atomic E-state index is 16.3. The highest BCUT2D eigenvalue weighted by Gasteiger charge is 2.81. The first-order valence-electron chi connectivity index (χ1n) is 33.3. The molecule has 2 bridgehead atoms. The molecule has 8 fully saturated rings. The smallest absolute Gasteiger partial charge is 0.160 e. The number of fused-ring (bicyclic) bond motifs is 9. The molecule has 82 heavy (non-hydrogen) atoms. The van der Waals surface area contributed by atoms with E-state index in [0.29, 0.717) is 68.1 Å². The number of epoxide rings is 1. The Balaban J connectivity index is 0.901. The van der Waals surface area contributed by atoms with Crippen LogP contribution in [-0.4, -0.2) is 79.2 Å². The molecule has 2 saturated heterocycles. The van der Waals surface area contributed by atoms with E-state index in [1.165, 1.54) is 65.6 Å². The maximum atomic E-state index is 16.3. The molecule has 0 unspecified atom stereocenters. The summed E-state index contributed by atoms with van der Waals surface area (Å²) in [6, 6.07) is 7.31. The second kappa shape index (κ2) is 18.0. The van der Waals surface area contributed by atoms with E-state index in [1.54, 1.807) is 0 Å². The number of rotatable bonds is 7. The summed E-state index contributed by atoms with van der Waals surface area (Å²) >= 11 is 0. The predicted molar refractivity (Wildman–Crippen MR) is 317 cm³/mol. The molecule has 9 aliphatic carbocycles. The van der Waals surface area contributed by atoms with Crippen LogP contribution in [0.1, 0.15) is 251 Å². The molecule has 438 valence electrons. The fourth-order valence-electron chi connectivity index (χ4n) is 24.0. The molecule has 0 radical (unpaired) electrons. The second-order valence-corrected chi connectivity index (χ2v) is 31.6. The Kier molecular flexibility index (Phi) is 11.7. The van der Waals surface area contributed by atoms with Gasteiger partial charge in [-0.15, -0.1) is 0 Å². The lowest BCUT2D eigenvalue weighted by Crippen LogP contribution is -2.74. The highest BCUT2D eigenvalue weighted by atomic mass is 16.6. The van der Waals surface area contributed by atoms with Crippen molar-refractivity contribution < 1.29 is 34.1 Å². The van der Waals surface area contributed by atoms with Crippen LogP contribution in [0.4, 0.5) is 0 Å². The van der Waals surface area contributed by atoms with E-state index in [9.17, 15) is 10.2 Å². The van der Waals surface area contributed by atoms with Gasteiger partial charge in [0.25, 0.3) is 0 Å². The van der Waals surface area contributed by atoms with E-state index in [1.807, 2.05) is 0 Å². The van der Waals surface area contributed by atoms with Gasteiger partial charge in [-0.05, 0) is 212 Å². The minimum absolute atomic E-state index is 0.0921. The van der Waals surface area contributed by atoms with E-state index in [2.05, 4.69) is 99.8 Å². The molecule has 6 saturated carbocycles. The lowest BCUT2D eigenvalue weighted by molar-refractivity contribution is -0.271. The Morgan fingerprint density at radius 1 is 0.780 bits per heavy atom. The summed E-state index contributed by atoms with van der Waals surface area (Å²) in [5.41, 5.74) is 10.7. The molecule has 16 rings (SSSR count). The predicted octanol–water partition coefficient (Wildman–Crippen LogP) is 13.9. The van der Waals surface area contributed by atoms with Gasteiger partial charge in [-0.1, -0.05) is 78.9 Å². The van der Waals surface area contributed by atoms with Crippen molar-refractivity contribution in [2.45, 2.75) is 250 Å². The number of aryl methyl sites for hydroxylation is 1. The Morgan fingerprint density at radius 2 is 1.52 bits per heavy atom. The third kappa shape index (κ3) is 6.88. The summed E-state index contributed by atoms with van der Waals surface area (Å²) in [6.07, 6.45) is 25.5. The Morgan fingerprint density at radius 3 is 2.28 bits per heavy atom. The van der Waals surface area contributed by atoms with E-state index < -0.39 is 56.7 Å². The van der Waals surface area contributed by atoms with Crippen LogP contribution in [0.25, 0.3) is 11.0 Å². The van der Waals surface area contributed by atoms with Crippen LogP contribution >= 0.6 is 0 Å². The summed E-state index contributed by atoms with van der Waals surface area (Å²) in [4.78, 5) is 55.2. The summed E-state index contributed by atoms with van der Waals surface area (Å²) in [6.45, 7) is 18.4. The molecule has 15 atom stereocenters. The van der Waals surface area contributed by atoms with E-state index in [4.69, 9.17) is 9.47 Å². The molecule has 1 spiro atoms. The van der Waals surface area contributed by atoms with Gasteiger partial charge in [-0.25, -0.2) is 0 Å². The monoisotopic (exact) mass is 1110 g/mol. The van der Waals surface area contributed by atoms with Crippen molar-refractivity contribution in [3.05, 3.63) is 92.6 Å². The van der Waals surface area contributed by atoms with Crippen LogP contribution in [0.3, 0.4) is 0 Å². The number of aliphatic hydroxyl groups excluding tert-OH is 2. The number of nitrogens with zero attached hydrogens (tertiary/aromatic N) is 1. The SMILES string of the molecule is CC1(C)O[C@@H]1[C@H](O)C[C@]1(C)CCc2c[nH]c3c([C@H]4C(=O)CCc5c(C6CCOCC6)cc(C6CCCCC6)cc54)cn(c23)C[C@@H]2C3=C1C(=O)C[C@]3(C)[C@@]1(C)CC[C@@H]3[C@](C)([C@H]1[C@@H]2O)[C@@]12CC[C@@H](C1)c1[nH]ccc1[C@@H]2C(=O)[C@@]3(C)C1CCCC1. The number of hydrogen-bond donors (Lipinski definition) is 4. The maximum Gasteiger partial charge on any atom is 0.160 e. The molecule has 3 aliphatic heterocycles. The van der Waals surface area contributed by atoms with Crippen molar-refractivity contribution in [2.24, 2.45) is 56.2 Å². The zero-order valence-corrected chi connectivity index (χ0v) is 50.5. The molecule has 1 aromatic carbocycles. The number of H-pyrrole nitrogens is 2. The standard InChI is InChI=1S/C72H93N3O7/c1-66(2)65(82-66)53(78)34-67(3)25-19-42-36-74-60-49(55-48-32-43(39-13-9-8-10-14-39)31-47(40-23-29-81-30-24-40)45(48)17-18-51(55)76)37-75(61(42)60)38-50-56-58(67)52(77)35-69(56,5)68(4)26-21-54-70(6,44-15-11-12-16-44)64(80)57-46-22-28-73-59(46)41-20-27-72(57,33-41)71(54,7)63(68)62(50)79/h22,28,31-32,36-37,39-41,44,50,53-55,57,62-63,65,73-74,78-79H,8-21,23-27,29-30,33-35,38H2,1-7H3/t41-,50+,53+,54-,55-,57+,62+,63-,65+,67-,68-,69-,70-,71+,72-/m0/s1. The first-order chi connectivity index (χ1) is 39.3. The Labute approximate surface area is 486 Å². The van der Waals surface area contributed by atoms with Crippen molar-refractivity contribution >= 4 is 28.4 Å². The summed E-state index contributed by atoms with van der Waals surface area (Å²) in [7, 11) is 0. The van der Waals surface area contributed by atoms with Gasteiger partial charge in [0.05, 0.1) is 40.7 Å². The summed E-state index contributed by atoms with van der Waals surface area (Å²) in [5.74, 6) is 1.30. The van der Waals surface area contributed by atoms with E-state index >= 15 is 14.4 Å². The van der Waals surface area contributed by atoms with Crippen LogP contribution < -0.4 is 0 Å². The molecular weight excluding hydrogens is 1020 g/mol. The number of nitrogens with one attached hydrogen (secondary N) is 2. The highest BCUT2D eigenvalue weighted by molar-refractivity contribution is 6.02. The van der Waals surface area contributed by atoms with Gasteiger partial charge in [-0.2, -0.15) is 0 Å². The van der Waals surface area contributed by atoms with Gasteiger partial charge in [0.15, 0.2) is 5.78 Å². The molecule has 0 amide bonds. The molecule has 6 heterocycles. The quantitative estimate of drug-likeness (QED) is 0.135. The van der Waals surface area contributed by atoms with Crippen LogP contribution in [0.15, 0.2) is 47.9 Å². The van der Waals surface area contributed by atoms with E-state index in [-0.39, 0.29) is 40.8 Å². The van der Waals surface area contributed by atoms with Gasteiger partial charge in [0.1, 0.15) is 17.7 Å².